The molecule has 0 fully saturated rings. The van der Waals surface area contributed by atoms with Crippen LogP contribution in [0.25, 0.3) is 0 Å². The zero-order valence-electron chi connectivity index (χ0n) is 12.7. The van der Waals surface area contributed by atoms with E-state index in [0.29, 0.717) is 17.9 Å². The number of carbonyl (C=O) groups is 2. The lowest BCUT2D eigenvalue weighted by atomic mass is 9.91. The number of amides is 1. The average Bonchev–Trinajstić information content (AvgIpc) is 2.59. The number of esters is 1. The number of hydrogen-bond donors (Lipinski definition) is 1. The molecule has 0 aliphatic carbocycles. The number of methoxy groups -OCH3 is 1. The van der Waals surface area contributed by atoms with E-state index in [4.69, 9.17) is 9.47 Å². The first-order valence-electron chi connectivity index (χ1n) is 7.35. The van der Waals surface area contributed by atoms with Gasteiger partial charge < -0.3 is 14.8 Å². The van der Waals surface area contributed by atoms with Crippen molar-refractivity contribution in [3.63, 3.8) is 0 Å². The van der Waals surface area contributed by atoms with Crippen molar-refractivity contribution in [2.24, 2.45) is 0 Å². The highest BCUT2D eigenvalue weighted by Gasteiger charge is 2.23. The van der Waals surface area contributed by atoms with Crippen LogP contribution in [0.3, 0.4) is 0 Å². The van der Waals surface area contributed by atoms with E-state index >= 15 is 0 Å². The monoisotopic (exact) mass is 311 g/mol. The highest BCUT2D eigenvalue weighted by atomic mass is 16.5. The van der Waals surface area contributed by atoms with Crippen LogP contribution in [0, 0.1) is 0 Å². The Morgan fingerprint density at radius 1 is 1.26 bits per heavy atom. The molecule has 0 spiro atoms. The van der Waals surface area contributed by atoms with E-state index in [1.54, 1.807) is 0 Å². The Kier molecular flexibility index (Phi) is 4.28. The predicted octanol–water partition coefficient (Wildman–Crippen LogP) is 2.52. The standard InChI is InChI=1S/C18H17NO4/c1-22-18(21)14(13-5-3-2-4-6-13)9-12-7-8-16-15(10-12)19-17(20)11-23-16/h2-8,10,14H,9,11H2,1H3,(H,19,20). The summed E-state index contributed by atoms with van der Waals surface area (Å²) in [6, 6.07) is 15.1. The minimum atomic E-state index is -0.389. The summed E-state index contributed by atoms with van der Waals surface area (Å²) in [7, 11) is 1.39. The highest BCUT2D eigenvalue weighted by molar-refractivity contribution is 5.95. The molecule has 3 rings (SSSR count). The summed E-state index contributed by atoms with van der Waals surface area (Å²) in [6.45, 7) is 0.0289. The average molecular weight is 311 g/mol. The normalized spacial score (nSPS) is 14.2. The van der Waals surface area contributed by atoms with Gasteiger partial charge in [-0.25, -0.2) is 0 Å². The second kappa shape index (κ2) is 6.52. The molecule has 1 aliphatic rings. The van der Waals surface area contributed by atoms with Crippen molar-refractivity contribution in [3.8, 4) is 5.75 Å². The van der Waals surface area contributed by atoms with Crippen LogP contribution in [0.5, 0.6) is 5.75 Å². The molecule has 0 saturated carbocycles. The number of rotatable bonds is 4. The first kappa shape index (κ1) is 15.1. The van der Waals surface area contributed by atoms with Crippen molar-refractivity contribution >= 4 is 17.6 Å². The molecule has 1 N–H and O–H groups in total. The molecule has 0 aromatic heterocycles. The van der Waals surface area contributed by atoms with Gasteiger partial charge in [-0.2, -0.15) is 0 Å². The van der Waals surface area contributed by atoms with E-state index in [1.165, 1.54) is 7.11 Å². The number of carbonyl (C=O) groups excluding carboxylic acids is 2. The molecule has 2 aromatic carbocycles. The Bertz CT molecular complexity index is 727. The van der Waals surface area contributed by atoms with Crippen molar-refractivity contribution in [1.82, 2.24) is 0 Å². The van der Waals surface area contributed by atoms with Gasteiger partial charge in [-0.05, 0) is 29.7 Å². The van der Waals surface area contributed by atoms with Crippen molar-refractivity contribution < 1.29 is 19.1 Å². The molecule has 1 unspecified atom stereocenters. The molecule has 1 aliphatic heterocycles. The van der Waals surface area contributed by atoms with E-state index in [1.807, 2.05) is 48.5 Å². The third-order valence-electron chi connectivity index (χ3n) is 3.80. The molecule has 1 amide bonds. The molecule has 2 aromatic rings. The molecule has 0 saturated heterocycles. The molecular formula is C18H17NO4. The van der Waals surface area contributed by atoms with Crippen LogP contribution in [0.4, 0.5) is 5.69 Å². The van der Waals surface area contributed by atoms with Crippen LogP contribution in [0.15, 0.2) is 48.5 Å². The van der Waals surface area contributed by atoms with E-state index in [0.717, 1.165) is 11.1 Å². The maximum absolute atomic E-state index is 12.1. The Hall–Kier alpha value is -2.82. The van der Waals surface area contributed by atoms with Gasteiger partial charge in [0, 0.05) is 0 Å². The molecule has 23 heavy (non-hydrogen) atoms. The third kappa shape index (κ3) is 3.34. The lowest BCUT2D eigenvalue weighted by molar-refractivity contribution is -0.142. The van der Waals surface area contributed by atoms with Gasteiger partial charge in [-0.3, -0.25) is 9.59 Å². The highest BCUT2D eigenvalue weighted by Crippen LogP contribution is 2.31. The molecule has 118 valence electrons. The minimum absolute atomic E-state index is 0.0289. The summed E-state index contributed by atoms with van der Waals surface area (Å²) in [5.74, 6) is -0.210. The van der Waals surface area contributed by atoms with E-state index in [9.17, 15) is 9.59 Å². The first-order chi connectivity index (χ1) is 11.2. The van der Waals surface area contributed by atoms with Gasteiger partial charge in [0.25, 0.3) is 5.91 Å². The topological polar surface area (TPSA) is 64.6 Å². The number of ether oxygens (including phenoxy) is 2. The van der Waals surface area contributed by atoms with Crippen molar-refractivity contribution in [2.45, 2.75) is 12.3 Å². The quantitative estimate of drug-likeness (QED) is 0.881. The third-order valence-corrected chi connectivity index (χ3v) is 3.80. The lowest BCUT2D eigenvalue weighted by Gasteiger charge is -2.20. The summed E-state index contributed by atoms with van der Waals surface area (Å²) in [5, 5.41) is 2.78. The predicted molar refractivity (Wildman–Crippen MR) is 85.5 cm³/mol. The van der Waals surface area contributed by atoms with Gasteiger partial charge in [-0.15, -0.1) is 0 Å². The zero-order chi connectivity index (χ0) is 16.2. The van der Waals surface area contributed by atoms with Crippen LogP contribution in [-0.2, 0) is 20.7 Å². The fraction of sp³-hybridized carbons (Fsp3) is 0.222. The molecule has 1 heterocycles. The number of fused-ring (bicyclic) bond motifs is 1. The number of nitrogens with one attached hydrogen (secondary N) is 1. The summed E-state index contributed by atoms with van der Waals surface area (Å²) in [4.78, 5) is 23.6. The second-order valence-corrected chi connectivity index (χ2v) is 5.36. The summed E-state index contributed by atoms with van der Waals surface area (Å²) in [5.41, 5.74) is 2.46. The molecule has 1 atom stereocenters. The van der Waals surface area contributed by atoms with Crippen LogP contribution < -0.4 is 10.1 Å². The van der Waals surface area contributed by atoms with Gasteiger partial charge in [0.2, 0.25) is 0 Å². The van der Waals surface area contributed by atoms with E-state index < -0.39 is 0 Å². The van der Waals surface area contributed by atoms with E-state index in [2.05, 4.69) is 5.32 Å². The minimum Gasteiger partial charge on any atom is -0.482 e. The maximum Gasteiger partial charge on any atom is 0.313 e. The largest absolute Gasteiger partial charge is 0.482 e. The van der Waals surface area contributed by atoms with Gasteiger partial charge >= 0.3 is 5.97 Å². The van der Waals surface area contributed by atoms with Gasteiger partial charge in [0.15, 0.2) is 6.61 Å². The lowest BCUT2D eigenvalue weighted by Crippen LogP contribution is -2.25. The van der Waals surface area contributed by atoms with Crippen LogP contribution >= 0.6 is 0 Å². The maximum atomic E-state index is 12.1. The summed E-state index contributed by atoms with van der Waals surface area (Å²) in [6.07, 6.45) is 0.486. The SMILES string of the molecule is COC(=O)C(Cc1ccc2c(c1)NC(=O)CO2)c1ccccc1. The smallest absolute Gasteiger partial charge is 0.313 e. The summed E-state index contributed by atoms with van der Waals surface area (Å²) >= 11 is 0. The Balaban J connectivity index is 1.87. The second-order valence-electron chi connectivity index (χ2n) is 5.36. The first-order valence-corrected chi connectivity index (χ1v) is 7.35. The van der Waals surface area contributed by atoms with E-state index in [-0.39, 0.29) is 24.4 Å². The van der Waals surface area contributed by atoms with Gasteiger partial charge in [-0.1, -0.05) is 36.4 Å². The molecule has 0 radical (unpaired) electrons. The van der Waals surface area contributed by atoms with Crippen LogP contribution in [0.1, 0.15) is 17.0 Å². The van der Waals surface area contributed by atoms with Crippen LogP contribution in [0.2, 0.25) is 0 Å². The molecule has 0 bridgehead atoms. The Labute approximate surface area is 134 Å². The molecular weight excluding hydrogens is 294 g/mol. The van der Waals surface area contributed by atoms with Gasteiger partial charge in [0.1, 0.15) is 5.75 Å². The molecule has 5 nitrogen and oxygen atoms in total. The Morgan fingerprint density at radius 3 is 2.78 bits per heavy atom. The van der Waals surface area contributed by atoms with Crippen molar-refractivity contribution in [2.75, 3.05) is 19.0 Å². The number of hydrogen-bond acceptors (Lipinski definition) is 4. The fourth-order valence-corrected chi connectivity index (χ4v) is 2.66. The zero-order valence-corrected chi connectivity index (χ0v) is 12.7. The fourth-order valence-electron chi connectivity index (χ4n) is 2.66. The van der Waals surface area contributed by atoms with Crippen molar-refractivity contribution in [1.29, 1.82) is 0 Å². The van der Waals surface area contributed by atoms with Crippen molar-refractivity contribution in [3.05, 3.63) is 59.7 Å². The van der Waals surface area contributed by atoms with Gasteiger partial charge in [0.05, 0.1) is 18.7 Å². The molecule has 5 heteroatoms. The van der Waals surface area contributed by atoms with Crippen LogP contribution in [-0.4, -0.2) is 25.6 Å². The number of benzene rings is 2. The Morgan fingerprint density at radius 2 is 2.04 bits per heavy atom. The number of anilines is 1. The summed E-state index contributed by atoms with van der Waals surface area (Å²) < 4.78 is 10.3.